The lowest BCUT2D eigenvalue weighted by Crippen LogP contribution is -2.38. The van der Waals surface area contributed by atoms with Gasteiger partial charge in [0.25, 0.3) is 0 Å². The second-order valence-corrected chi connectivity index (χ2v) is 5.74. The van der Waals surface area contributed by atoms with Crippen LogP contribution in [0.2, 0.25) is 0 Å². The lowest BCUT2D eigenvalue weighted by molar-refractivity contribution is 0.0832. The number of nitrogens with zero attached hydrogens (tertiary/aromatic N) is 2. The summed E-state index contributed by atoms with van der Waals surface area (Å²) in [5.41, 5.74) is 5.56. The van der Waals surface area contributed by atoms with E-state index in [0.717, 1.165) is 0 Å². The lowest BCUT2D eigenvalue weighted by Gasteiger charge is -2.22. The zero-order valence-corrected chi connectivity index (χ0v) is 10.4. The van der Waals surface area contributed by atoms with Crippen LogP contribution in [0.15, 0.2) is 11.1 Å². The summed E-state index contributed by atoms with van der Waals surface area (Å²) in [5.74, 6) is 0.0204. The van der Waals surface area contributed by atoms with Crippen molar-refractivity contribution < 1.29 is 13.2 Å². The molecule has 0 unspecified atom stereocenters. The summed E-state index contributed by atoms with van der Waals surface area (Å²) in [6, 6.07) is -0.0895. The van der Waals surface area contributed by atoms with Crippen LogP contribution in [-0.4, -0.2) is 37.5 Å². The van der Waals surface area contributed by atoms with Gasteiger partial charge in [-0.15, -0.1) is 0 Å². The van der Waals surface area contributed by atoms with Gasteiger partial charge in [-0.25, -0.2) is 13.1 Å². The summed E-state index contributed by atoms with van der Waals surface area (Å²) in [6.07, 6.45) is 2.76. The summed E-state index contributed by atoms with van der Waals surface area (Å²) >= 11 is 0. The highest BCUT2D eigenvalue weighted by Crippen LogP contribution is 2.17. The third-order valence-electron chi connectivity index (χ3n) is 2.65. The molecular formula is C9H16N4O3S. The van der Waals surface area contributed by atoms with Crippen LogP contribution in [0.5, 0.6) is 0 Å². The predicted molar refractivity (Wildman–Crippen MR) is 61.8 cm³/mol. The fourth-order valence-electron chi connectivity index (χ4n) is 1.79. The normalized spacial score (nSPS) is 18.4. The number of nitrogens with one attached hydrogen (secondary N) is 1. The molecule has 0 aromatic carbocycles. The topological polar surface area (TPSA) is 99.2 Å². The van der Waals surface area contributed by atoms with Gasteiger partial charge in [-0.05, 0) is 12.8 Å². The van der Waals surface area contributed by atoms with Crippen LogP contribution in [0.3, 0.4) is 0 Å². The second-order valence-electron chi connectivity index (χ2n) is 4.06. The molecular weight excluding hydrogens is 244 g/mol. The third-order valence-corrected chi connectivity index (χ3v) is 4.19. The van der Waals surface area contributed by atoms with Crippen molar-refractivity contribution in [2.75, 3.05) is 18.9 Å². The fraction of sp³-hybridized carbons (Fsp3) is 0.667. The molecule has 1 aromatic rings. The monoisotopic (exact) mass is 260 g/mol. The number of nitrogens with two attached hydrogens (primary N) is 1. The number of aryl methyl sites for hydroxylation is 1. The molecule has 0 spiro atoms. The van der Waals surface area contributed by atoms with E-state index in [2.05, 4.69) is 9.82 Å². The first-order valence-corrected chi connectivity index (χ1v) is 6.86. The van der Waals surface area contributed by atoms with E-state index in [-0.39, 0.29) is 16.8 Å². The molecule has 8 heteroatoms. The molecule has 17 heavy (non-hydrogen) atoms. The Labute approximate surface area is 100.0 Å². The van der Waals surface area contributed by atoms with Gasteiger partial charge in [-0.1, -0.05) is 0 Å². The first-order chi connectivity index (χ1) is 7.99. The number of ether oxygens (including phenoxy) is 1. The molecule has 0 atom stereocenters. The van der Waals surface area contributed by atoms with Crippen LogP contribution in [-0.2, 0) is 21.8 Å². The Bertz CT molecular complexity index is 490. The summed E-state index contributed by atoms with van der Waals surface area (Å²) < 4.78 is 33.3. The first kappa shape index (κ1) is 12.3. The van der Waals surface area contributed by atoms with Gasteiger partial charge < -0.3 is 10.5 Å². The highest BCUT2D eigenvalue weighted by atomic mass is 32.2. The molecule has 2 heterocycles. The van der Waals surface area contributed by atoms with E-state index in [1.54, 1.807) is 7.05 Å². The van der Waals surface area contributed by atoms with Crippen molar-refractivity contribution in [2.45, 2.75) is 23.8 Å². The van der Waals surface area contributed by atoms with Gasteiger partial charge >= 0.3 is 0 Å². The maximum Gasteiger partial charge on any atom is 0.246 e. The molecule has 1 aliphatic rings. The number of rotatable bonds is 3. The minimum Gasteiger partial charge on any atom is -0.381 e. The van der Waals surface area contributed by atoms with Crippen molar-refractivity contribution in [3.63, 3.8) is 0 Å². The van der Waals surface area contributed by atoms with Crippen molar-refractivity contribution in [1.82, 2.24) is 14.5 Å². The van der Waals surface area contributed by atoms with Crippen molar-refractivity contribution in [2.24, 2.45) is 7.05 Å². The Morgan fingerprint density at radius 1 is 1.53 bits per heavy atom. The SMILES string of the molecule is Cn1cc(S(=O)(=O)NC2CCOCC2)c(N)n1. The molecule has 96 valence electrons. The molecule has 2 rings (SSSR count). The summed E-state index contributed by atoms with van der Waals surface area (Å²) in [7, 11) is -1.95. The largest absolute Gasteiger partial charge is 0.381 e. The second kappa shape index (κ2) is 4.63. The highest BCUT2D eigenvalue weighted by Gasteiger charge is 2.25. The molecule has 3 N–H and O–H groups in total. The third kappa shape index (κ3) is 2.76. The summed E-state index contributed by atoms with van der Waals surface area (Å²) in [4.78, 5) is 0.0338. The van der Waals surface area contributed by atoms with Gasteiger partial charge in [-0.3, -0.25) is 4.68 Å². The summed E-state index contributed by atoms with van der Waals surface area (Å²) in [6.45, 7) is 1.16. The molecule has 0 bridgehead atoms. The van der Waals surface area contributed by atoms with Gasteiger partial charge in [0.05, 0.1) is 0 Å². The van der Waals surface area contributed by atoms with Gasteiger partial charge in [0, 0.05) is 32.5 Å². The molecule has 1 aromatic heterocycles. The Morgan fingerprint density at radius 3 is 2.71 bits per heavy atom. The average molecular weight is 260 g/mol. The standard InChI is InChI=1S/C9H16N4O3S/c1-13-6-8(9(10)11-13)17(14,15)12-7-2-4-16-5-3-7/h6-7,12H,2-5H2,1H3,(H2,10,11). The minimum atomic E-state index is -3.58. The van der Waals surface area contributed by atoms with Crippen molar-refractivity contribution >= 4 is 15.8 Å². The molecule has 7 nitrogen and oxygen atoms in total. The average Bonchev–Trinajstić information content (AvgIpc) is 2.59. The van der Waals surface area contributed by atoms with Crippen LogP contribution in [0.1, 0.15) is 12.8 Å². The van der Waals surface area contributed by atoms with E-state index in [1.807, 2.05) is 0 Å². The van der Waals surface area contributed by atoms with E-state index >= 15 is 0 Å². The number of aromatic nitrogens is 2. The van der Waals surface area contributed by atoms with Gasteiger partial charge in [-0.2, -0.15) is 5.10 Å². The molecule has 1 saturated heterocycles. The predicted octanol–water partition coefficient (Wildman–Crippen LogP) is -0.540. The van der Waals surface area contributed by atoms with Crippen LogP contribution in [0.25, 0.3) is 0 Å². The zero-order valence-electron chi connectivity index (χ0n) is 9.59. The molecule has 0 radical (unpaired) electrons. The maximum absolute atomic E-state index is 12.0. The number of sulfonamides is 1. The van der Waals surface area contributed by atoms with E-state index in [0.29, 0.717) is 26.1 Å². The van der Waals surface area contributed by atoms with E-state index in [9.17, 15) is 8.42 Å². The van der Waals surface area contributed by atoms with Crippen LogP contribution in [0.4, 0.5) is 5.82 Å². The Morgan fingerprint density at radius 2 is 2.18 bits per heavy atom. The lowest BCUT2D eigenvalue weighted by atomic mass is 10.1. The molecule has 0 aliphatic carbocycles. The minimum absolute atomic E-state index is 0.0204. The number of anilines is 1. The highest BCUT2D eigenvalue weighted by molar-refractivity contribution is 7.89. The number of hydrogen-bond acceptors (Lipinski definition) is 5. The molecule has 1 fully saturated rings. The number of hydrogen-bond donors (Lipinski definition) is 2. The van der Waals surface area contributed by atoms with Crippen molar-refractivity contribution in [3.8, 4) is 0 Å². The number of nitrogen functional groups attached to an aromatic ring is 1. The van der Waals surface area contributed by atoms with Crippen LogP contribution in [0, 0.1) is 0 Å². The first-order valence-electron chi connectivity index (χ1n) is 5.38. The van der Waals surface area contributed by atoms with E-state index in [1.165, 1.54) is 10.9 Å². The molecule has 0 saturated carbocycles. The summed E-state index contributed by atoms with van der Waals surface area (Å²) in [5, 5.41) is 3.82. The smallest absolute Gasteiger partial charge is 0.246 e. The molecule has 1 aliphatic heterocycles. The van der Waals surface area contributed by atoms with Gasteiger partial charge in [0.1, 0.15) is 4.90 Å². The quantitative estimate of drug-likeness (QED) is 0.760. The van der Waals surface area contributed by atoms with Crippen LogP contribution >= 0.6 is 0 Å². The Kier molecular flexibility index (Phi) is 3.36. The maximum atomic E-state index is 12.0. The van der Waals surface area contributed by atoms with E-state index in [4.69, 9.17) is 10.5 Å². The fourth-order valence-corrected chi connectivity index (χ4v) is 3.20. The van der Waals surface area contributed by atoms with Gasteiger partial charge in [0.2, 0.25) is 10.0 Å². The zero-order chi connectivity index (χ0) is 12.5. The van der Waals surface area contributed by atoms with Crippen molar-refractivity contribution in [3.05, 3.63) is 6.20 Å². The van der Waals surface area contributed by atoms with Gasteiger partial charge in [0.15, 0.2) is 5.82 Å². The van der Waals surface area contributed by atoms with Crippen molar-refractivity contribution in [1.29, 1.82) is 0 Å². The molecule has 0 amide bonds. The van der Waals surface area contributed by atoms with Crippen LogP contribution < -0.4 is 10.5 Å². The Balaban J connectivity index is 2.15. The van der Waals surface area contributed by atoms with E-state index < -0.39 is 10.0 Å². The Hall–Kier alpha value is -1.12.